The van der Waals surface area contributed by atoms with Gasteiger partial charge in [0, 0.05) is 43.3 Å². The van der Waals surface area contributed by atoms with E-state index >= 15 is 0 Å². The quantitative estimate of drug-likeness (QED) is 0.177. The van der Waals surface area contributed by atoms with Crippen LogP contribution in [0.25, 0.3) is 22.9 Å². The van der Waals surface area contributed by atoms with Gasteiger partial charge in [-0.25, -0.2) is 8.78 Å². The van der Waals surface area contributed by atoms with Crippen LogP contribution in [0.5, 0.6) is 0 Å². The van der Waals surface area contributed by atoms with E-state index in [0.717, 1.165) is 56.9 Å². The molecule has 4 aromatic carbocycles. The van der Waals surface area contributed by atoms with Crippen molar-refractivity contribution < 1.29 is 8.78 Å². The van der Waals surface area contributed by atoms with Crippen LogP contribution in [0, 0.1) is 0 Å². The molecule has 0 saturated carbocycles. The van der Waals surface area contributed by atoms with Crippen molar-refractivity contribution in [2.75, 3.05) is 23.9 Å². The smallest absolute Gasteiger partial charge is 0.263 e. The molecular formula is C36H36F2N2. The first-order valence-corrected chi connectivity index (χ1v) is 13.4. The van der Waals surface area contributed by atoms with Crippen molar-refractivity contribution >= 4 is 23.1 Å². The monoisotopic (exact) mass is 534 g/mol. The molecule has 0 radical (unpaired) electrons. The minimum Gasteiger partial charge on any atom is -0.378 e. The fraction of sp³-hybridized carbons (Fsp3) is 0.167. The molecule has 0 fully saturated rings. The van der Waals surface area contributed by atoms with E-state index in [1.54, 1.807) is 12.1 Å². The molecule has 40 heavy (non-hydrogen) atoms. The topological polar surface area (TPSA) is 6.48 Å². The zero-order chi connectivity index (χ0) is 28.6. The van der Waals surface area contributed by atoms with Gasteiger partial charge < -0.3 is 9.80 Å². The van der Waals surface area contributed by atoms with E-state index in [0.29, 0.717) is 6.54 Å². The molecule has 0 spiro atoms. The SMILES string of the molecule is C=C(/C=C/c1cccc(N(Cc2ccc(-c3ccc(N(C)C)cc3)cc2)C(=C)c2ccc(C(F)F)cc2)c1)CC. The highest BCUT2D eigenvalue weighted by atomic mass is 19.3. The number of halogens is 2. The Labute approximate surface area is 237 Å². The van der Waals surface area contributed by atoms with Crippen LogP contribution >= 0.6 is 0 Å². The van der Waals surface area contributed by atoms with E-state index in [4.69, 9.17) is 0 Å². The lowest BCUT2D eigenvalue weighted by molar-refractivity contribution is 0.151. The molecule has 0 aliphatic rings. The number of benzene rings is 4. The molecular weight excluding hydrogens is 498 g/mol. The average molecular weight is 535 g/mol. The first-order chi connectivity index (χ1) is 19.2. The van der Waals surface area contributed by atoms with Crippen molar-refractivity contribution in [1.82, 2.24) is 0 Å². The molecule has 0 saturated heterocycles. The van der Waals surface area contributed by atoms with E-state index in [9.17, 15) is 8.78 Å². The Morgan fingerprint density at radius 2 is 1.43 bits per heavy atom. The predicted molar refractivity (Wildman–Crippen MR) is 168 cm³/mol. The molecule has 4 aromatic rings. The van der Waals surface area contributed by atoms with E-state index < -0.39 is 6.43 Å². The predicted octanol–water partition coefficient (Wildman–Crippen LogP) is 10.0. The molecule has 0 atom stereocenters. The van der Waals surface area contributed by atoms with Gasteiger partial charge in [0.25, 0.3) is 6.43 Å². The van der Waals surface area contributed by atoms with Crippen LogP contribution in [0.4, 0.5) is 20.2 Å². The minimum absolute atomic E-state index is 0.000547. The van der Waals surface area contributed by atoms with E-state index in [1.165, 1.54) is 12.1 Å². The maximum Gasteiger partial charge on any atom is 0.263 e. The summed E-state index contributed by atoms with van der Waals surface area (Å²) in [6.45, 7) is 11.1. The van der Waals surface area contributed by atoms with Crippen molar-refractivity contribution in [2.45, 2.75) is 26.3 Å². The van der Waals surface area contributed by atoms with Gasteiger partial charge in [0.1, 0.15) is 0 Å². The Balaban J connectivity index is 1.64. The number of allylic oxidation sites excluding steroid dienone is 2. The molecule has 0 amide bonds. The molecule has 0 aromatic heterocycles. The van der Waals surface area contributed by atoms with Gasteiger partial charge in [0.2, 0.25) is 0 Å². The summed E-state index contributed by atoms with van der Waals surface area (Å²) < 4.78 is 26.3. The highest BCUT2D eigenvalue weighted by Gasteiger charge is 2.15. The molecule has 4 heteroatoms. The fourth-order valence-electron chi connectivity index (χ4n) is 4.38. The molecule has 0 N–H and O–H groups in total. The summed E-state index contributed by atoms with van der Waals surface area (Å²) in [6, 6.07) is 31.6. The van der Waals surface area contributed by atoms with Crippen LogP contribution in [-0.4, -0.2) is 14.1 Å². The van der Waals surface area contributed by atoms with Crippen molar-refractivity contribution in [1.29, 1.82) is 0 Å². The molecule has 0 bridgehead atoms. The average Bonchev–Trinajstić information content (AvgIpc) is 2.98. The van der Waals surface area contributed by atoms with Crippen molar-refractivity contribution in [3.8, 4) is 11.1 Å². The third kappa shape index (κ3) is 7.15. The lowest BCUT2D eigenvalue weighted by Crippen LogP contribution is -2.20. The van der Waals surface area contributed by atoms with Crippen molar-refractivity contribution in [3.63, 3.8) is 0 Å². The van der Waals surface area contributed by atoms with Gasteiger partial charge in [0.15, 0.2) is 0 Å². The van der Waals surface area contributed by atoms with Crippen LogP contribution in [0.2, 0.25) is 0 Å². The highest BCUT2D eigenvalue weighted by Crippen LogP contribution is 2.31. The summed E-state index contributed by atoms with van der Waals surface area (Å²) in [5.74, 6) is 0. The van der Waals surface area contributed by atoms with Gasteiger partial charge in [-0.2, -0.15) is 0 Å². The second-order valence-corrected chi connectivity index (χ2v) is 10.0. The maximum absolute atomic E-state index is 13.2. The summed E-state index contributed by atoms with van der Waals surface area (Å²) in [5, 5.41) is 0. The van der Waals surface area contributed by atoms with Crippen LogP contribution in [0.3, 0.4) is 0 Å². The van der Waals surface area contributed by atoms with Crippen LogP contribution < -0.4 is 9.80 Å². The zero-order valence-corrected chi connectivity index (χ0v) is 23.4. The summed E-state index contributed by atoms with van der Waals surface area (Å²) in [5.41, 5.74) is 9.18. The number of rotatable bonds is 11. The first-order valence-electron chi connectivity index (χ1n) is 13.4. The summed E-state index contributed by atoms with van der Waals surface area (Å²) in [7, 11) is 4.06. The Morgan fingerprint density at radius 3 is 2.00 bits per heavy atom. The molecule has 204 valence electrons. The standard InChI is InChI=1S/C36H36F2N2/c1-6-26(2)10-11-28-8-7-9-35(24-28)40(27(3)30-16-18-33(19-17-30)36(37)38)25-29-12-14-31(15-13-29)32-20-22-34(23-21-32)39(4)5/h7-24,36H,2-3,6,25H2,1,4-5H3/b11-10+. The van der Waals surface area contributed by atoms with E-state index in [2.05, 4.69) is 96.6 Å². The minimum atomic E-state index is -2.50. The summed E-state index contributed by atoms with van der Waals surface area (Å²) in [4.78, 5) is 4.21. The third-order valence-corrected chi connectivity index (χ3v) is 6.98. The zero-order valence-electron chi connectivity index (χ0n) is 23.4. The molecule has 0 aliphatic heterocycles. The molecule has 0 aliphatic carbocycles. The maximum atomic E-state index is 13.2. The summed E-state index contributed by atoms with van der Waals surface area (Å²) in [6.07, 6.45) is 2.48. The van der Waals surface area contributed by atoms with Gasteiger partial charge >= 0.3 is 0 Å². The Bertz CT molecular complexity index is 1460. The Kier molecular flexibility index (Phi) is 9.34. The normalized spacial score (nSPS) is 11.2. The van der Waals surface area contributed by atoms with Gasteiger partial charge in [-0.15, -0.1) is 0 Å². The van der Waals surface area contributed by atoms with Crippen molar-refractivity contribution in [2.24, 2.45) is 0 Å². The number of alkyl halides is 2. The third-order valence-electron chi connectivity index (χ3n) is 6.98. The number of anilines is 2. The van der Waals surface area contributed by atoms with Crippen LogP contribution in [-0.2, 0) is 6.54 Å². The molecule has 0 unspecified atom stereocenters. The van der Waals surface area contributed by atoms with E-state index in [1.807, 2.05) is 32.3 Å². The Hall–Kier alpha value is -4.44. The molecule has 4 rings (SSSR count). The van der Waals surface area contributed by atoms with E-state index in [-0.39, 0.29) is 5.56 Å². The van der Waals surface area contributed by atoms with Gasteiger partial charge in [-0.05, 0) is 58.5 Å². The molecule has 2 nitrogen and oxygen atoms in total. The van der Waals surface area contributed by atoms with Crippen LogP contribution in [0.15, 0.2) is 122 Å². The van der Waals surface area contributed by atoms with Gasteiger partial charge in [-0.3, -0.25) is 0 Å². The van der Waals surface area contributed by atoms with Crippen molar-refractivity contribution in [3.05, 3.63) is 144 Å². The Morgan fingerprint density at radius 1 is 0.800 bits per heavy atom. The largest absolute Gasteiger partial charge is 0.378 e. The van der Waals surface area contributed by atoms with Gasteiger partial charge in [-0.1, -0.05) is 111 Å². The van der Waals surface area contributed by atoms with Crippen LogP contribution in [0.1, 0.15) is 42.0 Å². The number of hydrogen-bond acceptors (Lipinski definition) is 2. The lowest BCUT2D eigenvalue weighted by Gasteiger charge is -2.28. The lowest BCUT2D eigenvalue weighted by atomic mass is 10.0. The summed E-state index contributed by atoms with van der Waals surface area (Å²) >= 11 is 0. The second-order valence-electron chi connectivity index (χ2n) is 10.0. The molecule has 0 heterocycles. The fourth-order valence-corrected chi connectivity index (χ4v) is 4.38. The second kappa shape index (κ2) is 13.1. The van der Waals surface area contributed by atoms with Gasteiger partial charge in [0.05, 0.1) is 0 Å². The first kappa shape index (κ1) is 28.6. The number of nitrogens with zero attached hydrogens (tertiary/aromatic N) is 2. The highest BCUT2D eigenvalue weighted by molar-refractivity contribution is 5.79. The number of hydrogen-bond donors (Lipinski definition) is 0.